The molecule has 0 atom stereocenters. The number of anilines is 1. The van der Waals surface area contributed by atoms with Crippen molar-refractivity contribution < 1.29 is 22.0 Å². The van der Waals surface area contributed by atoms with Crippen molar-refractivity contribution >= 4 is 34.7 Å². The predicted octanol–water partition coefficient (Wildman–Crippen LogP) is 4.77. The monoisotopic (exact) mass is 446 g/mol. The summed E-state index contributed by atoms with van der Waals surface area (Å²) in [6.07, 6.45) is 1.31. The molecule has 0 aliphatic carbocycles. The molecule has 152 valence electrons. The lowest BCUT2D eigenvalue weighted by atomic mass is 10.1. The van der Waals surface area contributed by atoms with E-state index < -0.39 is 41.2 Å². The first-order valence-electron chi connectivity index (χ1n) is 8.09. The van der Waals surface area contributed by atoms with Crippen molar-refractivity contribution in [2.45, 2.75) is 13.1 Å². The van der Waals surface area contributed by atoms with Crippen molar-refractivity contribution in [3.05, 3.63) is 81.8 Å². The van der Waals surface area contributed by atoms with E-state index in [1.54, 1.807) is 12.1 Å². The van der Waals surface area contributed by atoms with Gasteiger partial charge >= 0.3 is 0 Å². The molecule has 0 aliphatic rings. The fourth-order valence-electron chi connectivity index (χ4n) is 2.41. The van der Waals surface area contributed by atoms with Gasteiger partial charge < -0.3 is 10.6 Å². The van der Waals surface area contributed by atoms with Crippen molar-refractivity contribution in [3.8, 4) is 0 Å². The molecule has 3 rings (SSSR count). The molecular weight excluding hydrogens is 435 g/mol. The molecular formula is C18H12ClF5N4S. The Hall–Kier alpha value is -2.72. The van der Waals surface area contributed by atoms with Gasteiger partial charge in [0, 0.05) is 23.8 Å². The lowest BCUT2D eigenvalue weighted by Gasteiger charge is -2.09. The first-order chi connectivity index (χ1) is 13.8. The number of halogens is 6. The topological polar surface area (TPSA) is 41.9 Å². The van der Waals surface area contributed by atoms with Crippen LogP contribution in [-0.4, -0.2) is 14.9 Å². The minimum absolute atomic E-state index is 0.224. The molecule has 0 spiro atoms. The second-order valence-corrected chi connectivity index (χ2v) is 6.73. The normalized spacial score (nSPS) is 10.8. The maximum atomic E-state index is 13.8. The standard InChI is InChI=1S/C18H12ClF5N4S/c19-10-3-1-9(2-4-10)7-25-18(29)26-12-5-6-28(27-12)8-11-13(20)15(22)17(24)16(23)14(11)21/h1-6H,7-8H2,(H2,25,26,27,29). The Morgan fingerprint density at radius 3 is 2.14 bits per heavy atom. The van der Waals surface area contributed by atoms with Crippen molar-refractivity contribution in [2.24, 2.45) is 0 Å². The van der Waals surface area contributed by atoms with Crippen molar-refractivity contribution in [2.75, 3.05) is 5.32 Å². The summed E-state index contributed by atoms with van der Waals surface area (Å²) in [5.74, 6) is -9.78. The third-order valence-electron chi connectivity index (χ3n) is 3.87. The van der Waals surface area contributed by atoms with E-state index in [0.29, 0.717) is 11.6 Å². The van der Waals surface area contributed by atoms with Gasteiger partial charge in [0.05, 0.1) is 12.1 Å². The Morgan fingerprint density at radius 2 is 1.52 bits per heavy atom. The SMILES string of the molecule is Fc1c(F)c(F)c(Cn2ccc(NC(=S)NCc3ccc(Cl)cc3)n2)c(F)c1F. The van der Waals surface area contributed by atoms with E-state index in [9.17, 15) is 22.0 Å². The number of aromatic nitrogens is 2. The molecule has 0 aliphatic heterocycles. The van der Waals surface area contributed by atoms with Crippen molar-refractivity contribution in [3.63, 3.8) is 0 Å². The van der Waals surface area contributed by atoms with E-state index >= 15 is 0 Å². The third-order valence-corrected chi connectivity index (χ3v) is 4.37. The molecule has 0 radical (unpaired) electrons. The van der Waals surface area contributed by atoms with Crippen LogP contribution >= 0.6 is 23.8 Å². The van der Waals surface area contributed by atoms with Gasteiger partial charge in [-0.05, 0) is 29.9 Å². The van der Waals surface area contributed by atoms with Crippen LogP contribution < -0.4 is 10.6 Å². The molecule has 0 saturated heterocycles. The van der Waals surface area contributed by atoms with Gasteiger partial charge in [0.2, 0.25) is 5.82 Å². The van der Waals surface area contributed by atoms with Crippen LogP contribution in [0.5, 0.6) is 0 Å². The molecule has 4 nitrogen and oxygen atoms in total. The Balaban J connectivity index is 1.64. The average molecular weight is 447 g/mol. The molecule has 29 heavy (non-hydrogen) atoms. The van der Waals surface area contributed by atoms with Gasteiger partial charge in [-0.2, -0.15) is 5.10 Å². The van der Waals surface area contributed by atoms with Gasteiger partial charge in [-0.25, -0.2) is 22.0 Å². The lowest BCUT2D eigenvalue weighted by Crippen LogP contribution is -2.28. The predicted molar refractivity (Wildman–Crippen MR) is 102 cm³/mol. The van der Waals surface area contributed by atoms with Crippen LogP contribution in [0.15, 0.2) is 36.5 Å². The summed E-state index contributed by atoms with van der Waals surface area (Å²) in [6, 6.07) is 8.53. The Labute approximate surface area is 172 Å². The van der Waals surface area contributed by atoms with Gasteiger partial charge in [-0.3, -0.25) is 4.68 Å². The second-order valence-electron chi connectivity index (χ2n) is 5.88. The third kappa shape index (κ3) is 4.83. The van der Waals surface area contributed by atoms with Gasteiger partial charge in [0.25, 0.3) is 0 Å². The zero-order valence-corrected chi connectivity index (χ0v) is 16.0. The quantitative estimate of drug-likeness (QED) is 0.256. The van der Waals surface area contributed by atoms with Gasteiger partial charge in [-0.1, -0.05) is 23.7 Å². The van der Waals surface area contributed by atoms with Crippen LogP contribution in [0.3, 0.4) is 0 Å². The van der Waals surface area contributed by atoms with Crippen LogP contribution in [0.2, 0.25) is 5.02 Å². The fraction of sp³-hybridized carbons (Fsp3) is 0.111. The summed E-state index contributed by atoms with van der Waals surface area (Å²) in [5.41, 5.74) is -0.0603. The maximum absolute atomic E-state index is 13.8. The van der Waals surface area contributed by atoms with E-state index in [-0.39, 0.29) is 10.9 Å². The van der Waals surface area contributed by atoms with Crippen molar-refractivity contribution in [1.29, 1.82) is 0 Å². The van der Waals surface area contributed by atoms with Gasteiger partial charge in [0.15, 0.2) is 34.2 Å². The highest BCUT2D eigenvalue weighted by molar-refractivity contribution is 7.80. The molecule has 0 unspecified atom stereocenters. The number of nitrogens with zero attached hydrogens (tertiary/aromatic N) is 2. The highest BCUT2D eigenvalue weighted by atomic mass is 35.5. The van der Waals surface area contributed by atoms with Crippen LogP contribution in [0.4, 0.5) is 27.8 Å². The first kappa shape index (κ1) is 21.0. The summed E-state index contributed by atoms with van der Waals surface area (Å²) >= 11 is 10.9. The van der Waals surface area contributed by atoms with Crippen LogP contribution in [0, 0.1) is 29.1 Å². The number of hydrogen-bond acceptors (Lipinski definition) is 2. The number of thiocarbonyl (C=S) groups is 1. The molecule has 0 saturated carbocycles. The molecule has 1 aromatic heterocycles. The fourth-order valence-corrected chi connectivity index (χ4v) is 2.72. The largest absolute Gasteiger partial charge is 0.358 e. The van der Waals surface area contributed by atoms with Gasteiger partial charge in [0.1, 0.15) is 0 Å². The van der Waals surface area contributed by atoms with Crippen LogP contribution in [-0.2, 0) is 13.1 Å². The number of hydrogen-bond donors (Lipinski definition) is 2. The minimum Gasteiger partial charge on any atom is -0.358 e. The average Bonchev–Trinajstić information content (AvgIpc) is 3.14. The Morgan fingerprint density at radius 1 is 0.931 bits per heavy atom. The van der Waals surface area contributed by atoms with E-state index in [1.165, 1.54) is 12.3 Å². The molecule has 0 amide bonds. The number of benzene rings is 2. The highest BCUT2D eigenvalue weighted by Gasteiger charge is 2.25. The zero-order valence-electron chi connectivity index (χ0n) is 14.4. The van der Waals surface area contributed by atoms with E-state index in [1.807, 2.05) is 12.1 Å². The summed E-state index contributed by atoms with van der Waals surface area (Å²) in [5, 5.41) is 10.5. The minimum atomic E-state index is -2.20. The number of nitrogens with one attached hydrogen (secondary N) is 2. The molecule has 0 fully saturated rings. The second kappa shape index (κ2) is 8.75. The smallest absolute Gasteiger partial charge is 0.200 e. The van der Waals surface area contributed by atoms with E-state index in [0.717, 1.165) is 10.2 Å². The molecule has 3 aromatic rings. The first-order valence-corrected chi connectivity index (χ1v) is 8.88. The Bertz CT molecular complexity index is 1030. The number of rotatable bonds is 5. The molecule has 11 heteroatoms. The van der Waals surface area contributed by atoms with Crippen molar-refractivity contribution in [1.82, 2.24) is 15.1 Å². The molecule has 0 bridgehead atoms. The van der Waals surface area contributed by atoms with Crippen LogP contribution in [0.1, 0.15) is 11.1 Å². The zero-order chi connectivity index (χ0) is 21.1. The van der Waals surface area contributed by atoms with E-state index in [2.05, 4.69) is 15.7 Å². The molecule has 1 heterocycles. The molecule has 2 aromatic carbocycles. The summed E-state index contributed by atoms with van der Waals surface area (Å²) in [6.45, 7) is -0.243. The summed E-state index contributed by atoms with van der Waals surface area (Å²) in [4.78, 5) is 0. The van der Waals surface area contributed by atoms with Gasteiger partial charge in [-0.15, -0.1) is 0 Å². The summed E-state index contributed by atoms with van der Waals surface area (Å²) < 4.78 is 68.3. The maximum Gasteiger partial charge on any atom is 0.200 e. The lowest BCUT2D eigenvalue weighted by molar-refractivity contribution is 0.367. The molecule has 2 N–H and O–H groups in total. The summed E-state index contributed by atoms with van der Waals surface area (Å²) in [7, 11) is 0. The van der Waals surface area contributed by atoms with E-state index in [4.69, 9.17) is 23.8 Å². The Kier molecular flexibility index (Phi) is 6.33. The van der Waals surface area contributed by atoms with Crippen LogP contribution in [0.25, 0.3) is 0 Å². The highest BCUT2D eigenvalue weighted by Crippen LogP contribution is 2.23.